The summed E-state index contributed by atoms with van der Waals surface area (Å²) in [6, 6.07) is 18.2. The van der Waals surface area contributed by atoms with Crippen LogP contribution in [0.3, 0.4) is 0 Å². The second kappa shape index (κ2) is 11.4. The highest BCUT2D eigenvalue weighted by molar-refractivity contribution is 7.92. The first-order valence-corrected chi connectivity index (χ1v) is 12.0. The van der Waals surface area contributed by atoms with Gasteiger partial charge in [-0.05, 0) is 48.9 Å². The fourth-order valence-corrected chi connectivity index (χ4v) is 4.62. The number of anilines is 1. The van der Waals surface area contributed by atoms with E-state index in [1.165, 1.54) is 38.6 Å². The zero-order chi connectivity index (χ0) is 25.4. The minimum Gasteiger partial charge on any atom is -0.497 e. The van der Waals surface area contributed by atoms with Crippen molar-refractivity contribution >= 4 is 27.8 Å². The molecule has 1 amide bonds. The zero-order valence-electron chi connectivity index (χ0n) is 19.9. The van der Waals surface area contributed by atoms with Crippen molar-refractivity contribution < 1.29 is 27.4 Å². The predicted octanol–water partition coefficient (Wildman–Crippen LogP) is 3.37. The van der Waals surface area contributed by atoms with Gasteiger partial charge in [0.2, 0.25) is 0 Å². The van der Waals surface area contributed by atoms with Crippen LogP contribution in [0, 0.1) is 6.92 Å². The highest BCUT2D eigenvalue weighted by atomic mass is 32.2. The smallest absolute Gasteiger partial charge is 0.264 e. The van der Waals surface area contributed by atoms with Gasteiger partial charge in [0.25, 0.3) is 15.9 Å². The highest BCUT2D eigenvalue weighted by Gasteiger charge is 2.30. The Balaban J connectivity index is 1.93. The minimum atomic E-state index is -4.14. The van der Waals surface area contributed by atoms with Crippen LogP contribution < -0.4 is 23.9 Å². The van der Waals surface area contributed by atoms with E-state index in [-0.39, 0.29) is 16.3 Å². The van der Waals surface area contributed by atoms with Crippen LogP contribution in [-0.4, -0.2) is 48.4 Å². The molecule has 0 radical (unpaired) electrons. The van der Waals surface area contributed by atoms with E-state index in [0.29, 0.717) is 17.1 Å². The molecule has 0 aliphatic rings. The van der Waals surface area contributed by atoms with Crippen molar-refractivity contribution in [1.29, 1.82) is 0 Å². The van der Waals surface area contributed by atoms with Gasteiger partial charge in [0.05, 0.1) is 38.1 Å². The standard InChI is InChI=1S/C25H27N3O6S/c1-18-8-11-22(12-9-18)35(30,31)28(23-15-21(33-3)10-13-24(23)34-4)17-25(29)27-26-16-19-6-5-7-20(14-19)32-2/h5-16H,17H2,1-4H3,(H,27,29)/b26-16-. The van der Waals surface area contributed by atoms with Crippen molar-refractivity contribution in [2.45, 2.75) is 11.8 Å². The first-order chi connectivity index (χ1) is 16.8. The van der Waals surface area contributed by atoms with E-state index in [9.17, 15) is 13.2 Å². The van der Waals surface area contributed by atoms with Crippen molar-refractivity contribution in [2.75, 3.05) is 32.2 Å². The van der Waals surface area contributed by atoms with Gasteiger partial charge < -0.3 is 14.2 Å². The summed E-state index contributed by atoms with van der Waals surface area (Å²) in [6.45, 7) is 1.31. The molecule has 0 heterocycles. The van der Waals surface area contributed by atoms with Gasteiger partial charge >= 0.3 is 0 Å². The van der Waals surface area contributed by atoms with Gasteiger partial charge in [-0.1, -0.05) is 29.8 Å². The van der Waals surface area contributed by atoms with E-state index in [4.69, 9.17) is 14.2 Å². The molecular weight excluding hydrogens is 470 g/mol. The molecule has 3 rings (SSSR count). The summed E-state index contributed by atoms with van der Waals surface area (Å²) < 4.78 is 44.0. The molecule has 9 nitrogen and oxygen atoms in total. The number of amides is 1. The molecule has 0 spiro atoms. The van der Waals surface area contributed by atoms with Crippen LogP contribution in [0.25, 0.3) is 0 Å². The molecule has 35 heavy (non-hydrogen) atoms. The topological polar surface area (TPSA) is 107 Å². The van der Waals surface area contributed by atoms with Crippen molar-refractivity contribution in [3.63, 3.8) is 0 Å². The molecule has 0 fully saturated rings. The van der Waals surface area contributed by atoms with Gasteiger partial charge in [-0.2, -0.15) is 5.10 Å². The number of aryl methyl sites for hydroxylation is 1. The maximum absolute atomic E-state index is 13.6. The summed E-state index contributed by atoms with van der Waals surface area (Å²) in [5.74, 6) is 0.654. The molecule has 3 aromatic rings. The first-order valence-electron chi connectivity index (χ1n) is 10.6. The number of ether oxygens (including phenoxy) is 3. The van der Waals surface area contributed by atoms with Gasteiger partial charge in [0.15, 0.2) is 0 Å². The summed E-state index contributed by atoms with van der Waals surface area (Å²) in [7, 11) is 0.288. The predicted molar refractivity (Wildman–Crippen MR) is 134 cm³/mol. The van der Waals surface area contributed by atoms with Crippen LogP contribution in [-0.2, 0) is 14.8 Å². The lowest BCUT2D eigenvalue weighted by atomic mass is 10.2. The number of benzene rings is 3. The molecule has 3 aromatic carbocycles. The number of hydrogen-bond acceptors (Lipinski definition) is 7. The van der Waals surface area contributed by atoms with E-state index in [2.05, 4.69) is 10.5 Å². The monoisotopic (exact) mass is 497 g/mol. The van der Waals surface area contributed by atoms with Crippen molar-refractivity contribution in [3.05, 3.63) is 77.9 Å². The Morgan fingerprint density at radius 1 is 0.943 bits per heavy atom. The maximum atomic E-state index is 13.6. The molecule has 0 atom stereocenters. The van der Waals surface area contributed by atoms with Gasteiger partial charge in [-0.15, -0.1) is 0 Å². The maximum Gasteiger partial charge on any atom is 0.264 e. The number of nitrogens with zero attached hydrogens (tertiary/aromatic N) is 2. The molecule has 0 aliphatic carbocycles. The fraction of sp³-hybridized carbons (Fsp3) is 0.200. The number of methoxy groups -OCH3 is 3. The Bertz CT molecular complexity index is 1310. The second-order valence-electron chi connectivity index (χ2n) is 7.43. The Kier molecular flexibility index (Phi) is 8.32. The average Bonchev–Trinajstić information content (AvgIpc) is 2.87. The Hall–Kier alpha value is -4.05. The van der Waals surface area contributed by atoms with Crippen LogP contribution in [0.5, 0.6) is 17.2 Å². The SMILES string of the molecule is COc1cccc(/C=N\NC(=O)CN(c2cc(OC)ccc2OC)S(=O)(=O)c2ccc(C)cc2)c1. The van der Waals surface area contributed by atoms with Crippen LogP contribution >= 0.6 is 0 Å². The van der Waals surface area contributed by atoms with Crippen LogP contribution in [0.4, 0.5) is 5.69 Å². The molecule has 0 aromatic heterocycles. The molecule has 1 N–H and O–H groups in total. The van der Waals surface area contributed by atoms with Gasteiger partial charge in [-0.25, -0.2) is 13.8 Å². The van der Waals surface area contributed by atoms with E-state index in [0.717, 1.165) is 9.87 Å². The normalized spacial score (nSPS) is 11.2. The fourth-order valence-electron chi connectivity index (χ4n) is 3.20. The van der Waals surface area contributed by atoms with E-state index in [1.54, 1.807) is 55.6 Å². The van der Waals surface area contributed by atoms with Gasteiger partial charge in [0.1, 0.15) is 23.8 Å². The Morgan fingerprint density at radius 3 is 2.29 bits per heavy atom. The third-order valence-corrected chi connectivity index (χ3v) is 6.82. The number of nitrogens with one attached hydrogen (secondary N) is 1. The lowest BCUT2D eigenvalue weighted by molar-refractivity contribution is -0.119. The number of rotatable bonds is 10. The van der Waals surface area contributed by atoms with Crippen molar-refractivity contribution in [1.82, 2.24) is 5.43 Å². The summed E-state index contributed by atoms with van der Waals surface area (Å²) in [6.07, 6.45) is 1.44. The number of carbonyl (C=O) groups excluding carboxylic acids is 1. The molecule has 10 heteroatoms. The largest absolute Gasteiger partial charge is 0.497 e. The van der Waals surface area contributed by atoms with Crippen molar-refractivity contribution in [2.24, 2.45) is 5.10 Å². The average molecular weight is 498 g/mol. The quantitative estimate of drug-likeness (QED) is 0.340. The number of carbonyl (C=O) groups is 1. The third-order valence-electron chi connectivity index (χ3n) is 5.05. The number of hydrogen-bond donors (Lipinski definition) is 1. The molecule has 0 saturated heterocycles. The van der Waals surface area contributed by atoms with Crippen LogP contribution in [0.1, 0.15) is 11.1 Å². The number of hydrazone groups is 1. The molecule has 0 bridgehead atoms. The summed E-state index contributed by atoms with van der Waals surface area (Å²) in [5.41, 5.74) is 4.13. The number of sulfonamides is 1. The lowest BCUT2D eigenvalue weighted by Gasteiger charge is -2.25. The zero-order valence-corrected chi connectivity index (χ0v) is 20.7. The van der Waals surface area contributed by atoms with E-state index < -0.39 is 22.5 Å². The first kappa shape index (κ1) is 25.6. The van der Waals surface area contributed by atoms with Crippen LogP contribution in [0.2, 0.25) is 0 Å². The summed E-state index contributed by atoms with van der Waals surface area (Å²) in [5, 5.41) is 3.95. The second-order valence-corrected chi connectivity index (χ2v) is 9.29. The van der Waals surface area contributed by atoms with E-state index in [1.807, 2.05) is 6.92 Å². The molecule has 0 unspecified atom stereocenters. The molecular formula is C25H27N3O6S. The molecule has 0 aliphatic heterocycles. The van der Waals surface area contributed by atoms with Gasteiger partial charge in [0, 0.05) is 6.07 Å². The highest BCUT2D eigenvalue weighted by Crippen LogP contribution is 2.35. The minimum absolute atomic E-state index is 0.0284. The summed E-state index contributed by atoms with van der Waals surface area (Å²) in [4.78, 5) is 12.8. The Labute approximate surface area is 205 Å². The molecule has 0 saturated carbocycles. The Morgan fingerprint density at radius 2 is 1.63 bits per heavy atom. The van der Waals surface area contributed by atoms with Crippen LogP contribution in [0.15, 0.2) is 76.7 Å². The molecule has 184 valence electrons. The summed E-state index contributed by atoms with van der Waals surface area (Å²) >= 11 is 0. The lowest BCUT2D eigenvalue weighted by Crippen LogP contribution is -2.39. The third kappa shape index (κ3) is 6.30. The van der Waals surface area contributed by atoms with E-state index >= 15 is 0 Å². The van der Waals surface area contributed by atoms with Gasteiger partial charge in [-0.3, -0.25) is 9.10 Å². The van der Waals surface area contributed by atoms with Crippen molar-refractivity contribution in [3.8, 4) is 17.2 Å².